The maximum absolute atomic E-state index is 5.65. The molecule has 13 heavy (non-hydrogen) atoms. The molecule has 0 radical (unpaired) electrons. The summed E-state index contributed by atoms with van der Waals surface area (Å²) in [4.78, 5) is 1.24. The Morgan fingerprint density at radius 2 is 2.46 bits per heavy atom. The Kier molecular flexibility index (Phi) is 4.32. The van der Waals surface area contributed by atoms with Crippen molar-refractivity contribution in [1.82, 2.24) is 9.78 Å². The van der Waals surface area contributed by atoms with Crippen molar-refractivity contribution < 1.29 is 0 Å². The molecule has 0 saturated heterocycles. The second kappa shape index (κ2) is 5.29. The largest absolute Gasteiger partial charge is 0.328 e. The van der Waals surface area contributed by atoms with Crippen LogP contribution in [0.25, 0.3) is 0 Å². The third-order valence-corrected chi connectivity index (χ3v) is 2.79. The average Bonchev–Trinajstić information content (AvgIpc) is 2.45. The van der Waals surface area contributed by atoms with Crippen LogP contribution in [0, 0.1) is 0 Å². The molecule has 1 rings (SSSR count). The van der Waals surface area contributed by atoms with Gasteiger partial charge in [0.15, 0.2) is 0 Å². The van der Waals surface area contributed by atoms with E-state index in [-0.39, 0.29) is 0 Å². The second-order valence-corrected chi connectivity index (χ2v) is 4.49. The van der Waals surface area contributed by atoms with Crippen LogP contribution in [0.5, 0.6) is 0 Å². The van der Waals surface area contributed by atoms with Crippen molar-refractivity contribution >= 4 is 11.8 Å². The quantitative estimate of drug-likeness (QED) is 0.579. The first-order chi connectivity index (χ1) is 6.18. The zero-order valence-electron chi connectivity index (χ0n) is 8.23. The molecule has 0 aliphatic rings. The van der Waals surface area contributed by atoms with Gasteiger partial charge in [-0.3, -0.25) is 4.68 Å². The summed E-state index contributed by atoms with van der Waals surface area (Å²) in [5.41, 5.74) is 5.65. The molecule has 0 saturated carbocycles. The molecule has 0 bridgehead atoms. The topological polar surface area (TPSA) is 43.8 Å². The van der Waals surface area contributed by atoms with Gasteiger partial charge in [0.2, 0.25) is 0 Å². The van der Waals surface area contributed by atoms with Crippen LogP contribution >= 0.6 is 11.8 Å². The minimum atomic E-state index is 0.328. The standard InChI is InChI=1S/C9H17N3S/c1-8(10)4-3-5-13-9-6-11-12(2)7-9/h6-8H,3-5,10H2,1-2H3. The SMILES string of the molecule is CC(N)CCCSc1cnn(C)c1. The Bertz CT molecular complexity index is 245. The highest BCUT2D eigenvalue weighted by Gasteiger charge is 1.98. The lowest BCUT2D eigenvalue weighted by Gasteiger charge is -2.02. The molecule has 0 aliphatic carbocycles. The number of aromatic nitrogens is 2. The molecule has 0 amide bonds. The van der Waals surface area contributed by atoms with Gasteiger partial charge < -0.3 is 5.73 Å². The predicted molar refractivity (Wildman–Crippen MR) is 56.8 cm³/mol. The van der Waals surface area contributed by atoms with E-state index in [9.17, 15) is 0 Å². The molecule has 4 heteroatoms. The molecular weight excluding hydrogens is 182 g/mol. The fourth-order valence-corrected chi connectivity index (χ4v) is 1.96. The van der Waals surface area contributed by atoms with Crippen LogP contribution in [0.2, 0.25) is 0 Å². The van der Waals surface area contributed by atoms with Gasteiger partial charge in [-0.25, -0.2) is 0 Å². The fraction of sp³-hybridized carbons (Fsp3) is 0.667. The zero-order valence-corrected chi connectivity index (χ0v) is 9.05. The molecule has 0 spiro atoms. The summed E-state index contributed by atoms with van der Waals surface area (Å²) in [6.07, 6.45) is 6.22. The van der Waals surface area contributed by atoms with Gasteiger partial charge in [0.25, 0.3) is 0 Å². The minimum Gasteiger partial charge on any atom is -0.328 e. The lowest BCUT2D eigenvalue weighted by molar-refractivity contribution is 0.656. The molecule has 2 N–H and O–H groups in total. The van der Waals surface area contributed by atoms with Crippen molar-refractivity contribution in [3.63, 3.8) is 0 Å². The van der Waals surface area contributed by atoms with Crippen LogP contribution in [0.4, 0.5) is 0 Å². The third kappa shape index (κ3) is 4.33. The van der Waals surface area contributed by atoms with E-state index >= 15 is 0 Å². The smallest absolute Gasteiger partial charge is 0.0625 e. The van der Waals surface area contributed by atoms with Gasteiger partial charge in [0.1, 0.15) is 0 Å². The second-order valence-electron chi connectivity index (χ2n) is 3.32. The summed E-state index contributed by atoms with van der Waals surface area (Å²) in [6.45, 7) is 2.05. The molecule has 1 heterocycles. The Labute approximate surface area is 83.7 Å². The summed E-state index contributed by atoms with van der Waals surface area (Å²) in [5.74, 6) is 1.13. The van der Waals surface area contributed by atoms with Crippen LogP contribution < -0.4 is 5.73 Å². The maximum atomic E-state index is 5.65. The van der Waals surface area contributed by atoms with Crippen molar-refractivity contribution in [2.75, 3.05) is 5.75 Å². The molecular formula is C9H17N3S. The van der Waals surface area contributed by atoms with Crippen molar-refractivity contribution in [2.24, 2.45) is 12.8 Å². The average molecular weight is 199 g/mol. The number of hydrogen-bond acceptors (Lipinski definition) is 3. The van der Waals surface area contributed by atoms with E-state index < -0.39 is 0 Å². The van der Waals surface area contributed by atoms with Crippen LogP contribution in [-0.2, 0) is 7.05 Å². The van der Waals surface area contributed by atoms with E-state index in [1.54, 1.807) is 0 Å². The minimum absolute atomic E-state index is 0.328. The first-order valence-corrected chi connectivity index (χ1v) is 5.54. The molecule has 1 aromatic rings. The number of thioether (sulfide) groups is 1. The normalized spacial score (nSPS) is 13.2. The highest BCUT2D eigenvalue weighted by molar-refractivity contribution is 7.99. The lowest BCUT2D eigenvalue weighted by atomic mass is 10.2. The van der Waals surface area contributed by atoms with Crippen molar-refractivity contribution in [3.8, 4) is 0 Å². The van der Waals surface area contributed by atoms with E-state index in [2.05, 4.69) is 12.0 Å². The first-order valence-electron chi connectivity index (χ1n) is 4.55. The van der Waals surface area contributed by atoms with E-state index in [0.717, 1.165) is 12.2 Å². The molecule has 74 valence electrons. The third-order valence-electron chi connectivity index (χ3n) is 1.75. The van der Waals surface area contributed by atoms with E-state index in [0.29, 0.717) is 6.04 Å². The monoisotopic (exact) mass is 199 g/mol. The van der Waals surface area contributed by atoms with E-state index in [4.69, 9.17) is 5.73 Å². The molecule has 1 aromatic heterocycles. The van der Waals surface area contributed by atoms with Gasteiger partial charge in [-0.2, -0.15) is 5.10 Å². The summed E-state index contributed by atoms with van der Waals surface area (Å²) >= 11 is 1.84. The Morgan fingerprint density at radius 1 is 1.69 bits per heavy atom. The molecule has 3 nitrogen and oxygen atoms in total. The van der Waals surface area contributed by atoms with E-state index in [1.165, 1.54) is 11.3 Å². The number of nitrogens with two attached hydrogens (primary N) is 1. The Hall–Kier alpha value is -0.480. The lowest BCUT2D eigenvalue weighted by Crippen LogP contribution is -2.14. The Morgan fingerprint density at radius 3 is 3.00 bits per heavy atom. The summed E-state index contributed by atoms with van der Waals surface area (Å²) in [6, 6.07) is 0.328. The van der Waals surface area contributed by atoms with Gasteiger partial charge in [0, 0.05) is 24.2 Å². The fourth-order valence-electron chi connectivity index (χ4n) is 1.07. The van der Waals surface area contributed by atoms with E-state index in [1.807, 2.05) is 35.9 Å². The number of aryl methyl sites for hydroxylation is 1. The van der Waals surface area contributed by atoms with Crippen molar-refractivity contribution in [3.05, 3.63) is 12.4 Å². The van der Waals surface area contributed by atoms with Gasteiger partial charge in [-0.05, 0) is 25.5 Å². The van der Waals surface area contributed by atoms with Crippen LogP contribution in [0.1, 0.15) is 19.8 Å². The highest BCUT2D eigenvalue weighted by Crippen LogP contribution is 2.17. The van der Waals surface area contributed by atoms with Crippen LogP contribution in [0.15, 0.2) is 17.3 Å². The first kappa shape index (κ1) is 10.6. The van der Waals surface area contributed by atoms with Gasteiger partial charge in [0.05, 0.1) is 6.20 Å². The number of nitrogens with zero attached hydrogens (tertiary/aromatic N) is 2. The maximum Gasteiger partial charge on any atom is 0.0625 e. The molecule has 1 atom stereocenters. The summed E-state index contributed by atoms with van der Waals surface area (Å²) in [5, 5.41) is 4.10. The number of hydrogen-bond donors (Lipinski definition) is 1. The Balaban J connectivity index is 2.13. The highest BCUT2D eigenvalue weighted by atomic mass is 32.2. The molecule has 0 aromatic carbocycles. The molecule has 1 unspecified atom stereocenters. The molecule has 0 fully saturated rings. The zero-order chi connectivity index (χ0) is 9.68. The summed E-state index contributed by atoms with van der Waals surface area (Å²) in [7, 11) is 1.94. The van der Waals surface area contributed by atoms with Crippen LogP contribution in [-0.4, -0.2) is 21.6 Å². The number of rotatable bonds is 5. The van der Waals surface area contributed by atoms with Crippen LogP contribution in [0.3, 0.4) is 0 Å². The van der Waals surface area contributed by atoms with Gasteiger partial charge in [-0.1, -0.05) is 0 Å². The van der Waals surface area contributed by atoms with Gasteiger partial charge >= 0.3 is 0 Å². The molecule has 0 aliphatic heterocycles. The van der Waals surface area contributed by atoms with Crippen molar-refractivity contribution in [2.45, 2.75) is 30.7 Å². The summed E-state index contributed by atoms with van der Waals surface area (Å²) < 4.78 is 1.83. The predicted octanol–water partition coefficient (Wildman–Crippen LogP) is 1.64. The van der Waals surface area contributed by atoms with Crippen molar-refractivity contribution in [1.29, 1.82) is 0 Å². The van der Waals surface area contributed by atoms with Gasteiger partial charge in [-0.15, -0.1) is 11.8 Å².